The van der Waals surface area contributed by atoms with Gasteiger partial charge in [0.05, 0.1) is 19.8 Å². The van der Waals surface area contributed by atoms with Gasteiger partial charge in [-0.3, -0.25) is 4.79 Å². The number of methoxy groups -OCH3 is 1. The summed E-state index contributed by atoms with van der Waals surface area (Å²) in [5.41, 5.74) is 0.284. The fourth-order valence-corrected chi connectivity index (χ4v) is 1.16. The van der Waals surface area contributed by atoms with Gasteiger partial charge in [-0.05, 0) is 18.2 Å². The number of carbonyl (C=O) groups is 1. The third-order valence-electron chi connectivity index (χ3n) is 2.01. The molecule has 0 aliphatic heterocycles. The zero-order valence-corrected chi connectivity index (χ0v) is 9.65. The Morgan fingerprint density at radius 1 is 1.24 bits per heavy atom. The molecule has 1 aromatic rings. The highest BCUT2D eigenvalue weighted by Gasteiger charge is 2.04. The first-order valence-corrected chi connectivity index (χ1v) is 5.22. The van der Waals surface area contributed by atoms with Gasteiger partial charge >= 0.3 is 0 Å². The molecule has 17 heavy (non-hydrogen) atoms. The average molecular weight is 242 g/mol. The van der Waals surface area contributed by atoms with Crippen LogP contribution in [0.4, 0.5) is 4.39 Å². The molecule has 0 aliphatic rings. The molecule has 0 radical (unpaired) electrons. The topological polar surface area (TPSA) is 44.8 Å². The minimum absolute atomic E-state index is 0.117. The maximum Gasteiger partial charge on any atom is 0.165 e. The van der Waals surface area contributed by atoms with Gasteiger partial charge in [0.25, 0.3) is 0 Å². The zero-order valence-electron chi connectivity index (χ0n) is 9.65. The van der Waals surface area contributed by atoms with Gasteiger partial charge in [-0.1, -0.05) is 0 Å². The second-order valence-electron chi connectivity index (χ2n) is 3.26. The molecule has 0 spiro atoms. The Balaban J connectivity index is 2.29. The van der Waals surface area contributed by atoms with E-state index in [9.17, 15) is 9.18 Å². The van der Waals surface area contributed by atoms with Crippen LogP contribution < -0.4 is 4.74 Å². The molecule has 0 saturated heterocycles. The van der Waals surface area contributed by atoms with Gasteiger partial charge in [0.2, 0.25) is 0 Å². The minimum Gasteiger partial charge on any atom is -0.488 e. The number of ether oxygens (including phenoxy) is 3. The Morgan fingerprint density at radius 2 is 2.00 bits per heavy atom. The summed E-state index contributed by atoms with van der Waals surface area (Å²) < 4.78 is 28.4. The summed E-state index contributed by atoms with van der Waals surface area (Å²) in [6.45, 7) is 1.61. The lowest BCUT2D eigenvalue weighted by atomic mass is 10.2. The first-order chi connectivity index (χ1) is 8.27. The van der Waals surface area contributed by atoms with Crippen molar-refractivity contribution in [3.63, 3.8) is 0 Å². The Kier molecular flexibility index (Phi) is 6.21. The average Bonchev–Trinajstić information content (AvgIpc) is 2.35. The van der Waals surface area contributed by atoms with E-state index in [-0.39, 0.29) is 17.9 Å². The normalized spacial score (nSPS) is 10.2. The highest BCUT2D eigenvalue weighted by atomic mass is 19.1. The SMILES string of the molecule is COCCOCCOc1ccc(C=O)cc1F. The van der Waals surface area contributed by atoms with Crippen molar-refractivity contribution in [2.24, 2.45) is 0 Å². The summed E-state index contributed by atoms with van der Waals surface area (Å²) in [5.74, 6) is -0.433. The third-order valence-corrected chi connectivity index (χ3v) is 2.01. The second-order valence-corrected chi connectivity index (χ2v) is 3.26. The summed E-state index contributed by atoms with van der Waals surface area (Å²) >= 11 is 0. The Bertz CT molecular complexity index is 354. The molecule has 94 valence electrons. The lowest BCUT2D eigenvalue weighted by Crippen LogP contribution is -2.10. The Hall–Kier alpha value is -1.46. The van der Waals surface area contributed by atoms with Gasteiger partial charge in [0, 0.05) is 12.7 Å². The summed E-state index contributed by atoms with van der Waals surface area (Å²) in [5, 5.41) is 0. The van der Waals surface area contributed by atoms with Crippen molar-refractivity contribution in [1.82, 2.24) is 0 Å². The maximum atomic E-state index is 13.3. The summed E-state index contributed by atoms with van der Waals surface area (Å²) in [4.78, 5) is 10.4. The van der Waals surface area contributed by atoms with E-state index >= 15 is 0 Å². The van der Waals surface area contributed by atoms with Crippen LogP contribution in [0.25, 0.3) is 0 Å². The number of rotatable bonds is 8. The minimum atomic E-state index is -0.550. The van der Waals surface area contributed by atoms with Crippen LogP contribution >= 0.6 is 0 Å². The molecule has 0 aromatic heterocycles. The predicted molar refractivity (Wildman–Crippen MR) is 60.0 cm³/mol. The van der Waals surface area contributed by atoms with Gasteiger partial charge in [-0.2, -0.15) is 0 Å². The van der Waals surface area contributed by atoms with E-state index in [4.69, 9.17) is 14.2 Å². The van der Waals surface area contributed by atoms with Crippen LogP contribution in [0.3, 0.4) is 0 Å². The largest absolute Gasteiger partial charge is 0.488 e. The molecular formula is C12H15FO4. The number of hydrogen-bond donors (Lipinski definition) is 0. The molecule has 0 atom stereocenters. The Labute approximate surface area is 99.3 Å². The van der Waals surface area contributed by atoms with E-state index in [1.165, 1.54) is 12.1 Å². The summed E-state index contributed by atoms with van der Waals surface area (Å²) in [6.07, 6.45) is 0.584. The summed E-state index contributed by atoms with van der Waals surface area (Å²) in [6, 6.07) is 4.06. The molecule has 0 aliphatic carbocycles. The predicted octanol–water partition coefficient (Wildman–Crippen LogP) is 1.68. The number of benzene rings is 1. The van der Waals surface area contributed by atoms with E-state index in [1.54, 1.807) is 7.11 Å². The van der Waals surface area contributed by atoms with Gasteiger partial charge in [-0.15, -0.1) is 0 Å². The molecule has 5 heteroatoms. The van der Waals surface area contributed by atoms with Gasteiger partial charge < -0.3 is 14.2 Å². The Morgan fingerprint density at radius 3 is 2.65 bits per heavy atom. The highest BCUT2D eigenvalue weighted by molar-refractivity contribution is 5.74. The van der Waals surface area contributed by atoms with Crippen molar-refractivity contribution in [1.29, 1.82) is 0 Å². The van der Waals surface area contributed by atoms with Crippen LogP contribution in [0.2, 0.25) is 0 Å². The van der Waals surface area contributed by atoms with E-state index in [2.05, 4.69) is 0 Å². The lowest BCUT2D eigenvalue weighted by molar-refractivity contribution is 0.0538. The number of halogens is 1. The standard InChI is InChI=1S/C12H15FO4/c1-15-4-5-16-6-7-17-12-3-2-10(9-14)8-11(12)13/h2-3,8-9H,4-7H2,1H3. The first-order valence-electron chi connectivity index (χ1n) is 5.22. The first kappa shape index (κ1) is 13.6. The summed E-state index contributed by atoms with van der Waals surface area (Å²) in [7, 11) is 1.59. The van der Waals surface area contributed by atoms with E-state index < -0.39 is 5.82 Å². The van der Waals surface area contributed by atoms with Crippen LogP contribution in [0, 0.1) is 5.82 Å². The molecule has 0 N–H and O–H groups in total. The molecular weight excluding hydrogens is 227 g/mol. The van der Waals surface area contributed by atoms with Crippen molar-refractivity contribution in [3.05, 3.63) is 29.6 Å². The van der Waals surface area contributed by atoms with Crippen molar-refractivity contribution < 1.29 is 23.4 Å². The smallest absolute Gasteiger partial charge is 0.165 e. The van der Waals surface area contributed by atoms with Crippen LogP contribution in [0.5, 0.6) is 5.75 Å². The molecule has 0 fully saturated rings. The molecule has 0 saturated carbocycles. The fourth-order valence-electron chi connectivity index (χ4n) is 1.16. The number of aldehydes is 1. The van der Waals surface area contributed by atoms with E-state index in [0.717, 1.165) is 6.07 Å². The van der Waals surface area contributed by atoms with Crippen molar-refractivity contribution >= 4 is 6.29 Å². The van der Waals surface area contributed by atoms with Gasteiger partial charge in [0.1, 0.15) is 12.9 Å². The molecule has 0 unspecified atom stereocenters. The lowest BCUT2D eigenvalue weighted by Gasteiger charge is -2.07. The monoisotopic (exact) mass is 242 g/mol. The highest BCUT2D eigenvalue weighted by Crippen LogP contribution is 2.17. The van der Waals surface area contributed by atoms with E-state index in [0.29, 0.717) is 26.1 Å². The van der Waals surface area contributed by atoms with Gasteiger partial charge in [-0.25, -0.2) is 4.39 Å². The molecule has 1 rings (SSSR count). The quantitative estimate of drug-likeness (QED) is 0.514. The molecule has 0 bridgehead atoms. The van der Waals surface area contributed by atoms with Gasteiger partial charge in [0.15, 0.2) is 11.6 Å². The fraction of sp³-hybridized carbons (Fsp3) is 0.417. The molecule has 4 nitrogen and oxygen atoms in total. The van der Waals surface area contributed by atoms with Crippen LogP contribution in [0.15, 0.2) is 18.2 Å². The molecule has 1 aromatic carbocycles. The third kappa shape index (κ3) is 4.93. The molecule has 0 amide bonds. The van der Waals surface area contributed by atoms with E-state index in [1.807, 2.05) is 0 Å². The number of hydrogen-bond acceptors (Lipinski definition) is 4. The second kappa shape index (κ2) is 7.76. The van der Waals surface area contributed by atoms with Crippen LogP contribution in [0.1, 0.15) is 10.4 Å². The van der Waals surface area contributed by atoms with Crippen molar-refractivity contribution in [3.8, 4) is 5.75 Å². The number of carbonyl (C=O) groups excluding carboxylic acids is 1. The molecule has 0 heterocycles. The zero-order chi connectivity index (χ0) is 12.5. The maximum absolute atomic E-state index is 13.3. The van der Waals surface area contributed by atoms with Crippen LogP contribution in [-0.4, -0.2) is 39.8 Å². The van der Waals surface area contributed by atoms with Crippen LogP contribution in [-0.2, 0) is 9.47 Å². The van der Waals surface area contributed by atoms with Crippen molar-refractivity contribution in [2.75, 3.05) is 33.5 Å². The van der Waals surface area contributed by atoms with Crippen molar-refractivity contribution in [2.45, 2.75) is 0 Å².